The fourth-order valence-electron chi connectivity index (χ4n) is 1.69. The number of carbonyl (C=O) groups is 1. The molecule has 0 spiro atoms. The number of benzene rings is 1. The van der Waals surface area contributed by atoms with Crippen molar-refractivity contribution in [2.75, 3.05) is 38.9 Å². The maximum Gasteiger partial charge on any atom is 0.256 e. The molecular weight excluding hydrogens is 302 g/mol. The molecule has 1 heterocycles. The van der Waals surface area contributed by atoms with Crippen LogP contribution in [0.4, 0.5) is 5.69 Å². The average molecular weight is 321 g/mol. The lowest BCUT2D eigenvalue weighted by atomic mass is 10.2. The first kappa shape index (κ1) is 16.5. The van der Waals surface area contributed by atoms with Crippen LogP contribution in [0.3, 0.4) is 0 Å². The average Bonchev–Trinajstić information content (AvgIpc) is 3.07. The summed E-state index contributed by atoms with van der Waals surface area (Å²) >= 11 is 1.50. The summed E-state index contributed by atoms with van der Waals surface area (Å²) < 4.78 is 15.7. The lowest BCUT2D eigenvalue weighted by Gasteiger charge is -2.08. The maximum absolute atomic E-state index is 11.9. The van der Waals surface area contributed by atoms with Crippen molar-refractivity contribution in [2.45, 2.75) is 0 Å². The highest BCUT2D eigenvalue weighted by molar-refractivity contribution is 7.08. The maximum atomic E-state index is 11.9. The summed E-state index contributed by atoms with van der Waals surface area (Å²) in [5.74, 6) is 0.630. The SMILES string of the molecule is COCCOCCOc1ccc(NC(=O)c2ccsc2)cc1. The summed E-state index contributed by atoms with van der Waals surface area (Å²) in [6.07, 6.45) is 0. The van der Waals surface area contributed by atoms with Crippen LogP contribution in [0.15, 0.2) is 41.1 Å². The van der Waals surface area contributed by atoms with Gasteiger partial charge in [-0.05, 0) is 35.7 Å². The molecule has 6 heteroatoms. The predicted octanol–water partition coefficient (Wildman–Crippen LogP) is 3.04. The van der Waals surface area contributed by atoms with E-state index in [0.717, 1.165) is 11.4 Å². The minimum atomic E-state index is -0.110. The molecule has 5 nitrogen and oxygen atoms in total. The Morgan fingerprint density at radius 1 is 1.09 bits per heavy atom. The van der Waals surface area contributed by atoms with Crippen LogP contribution in [0.25, 0.3) is 0 Å². The zero-order valence-electron chi connectivity index (χ0n) is 12.4. The van der Waals surface area contributed by atoms with Crippen molar-refractivity contribution >= 4 is 22.9 Å². The first-order valence-electron chi connectivity index (χ1n) is 6.92. The highest BCUT2D eigenvalue weighted by Crippen LogP contribution is 2.17. The monoisotopic (exact) mass is 321 g/mol. The van der Waals surface area contributed by atoms with E-state index in [2.05, 4.69) is 5.32 Å². The molecule has 1 aromatic heterocycles. The second-order valence-corrected chi connectivity index (χ2v) is 5.22. The number of amides is 1. The van der Waals surface area contributed by atoms with Gasteiger partial charge in [0, 0.05) is 18.2 Å². The number of hydrogen-bond acceptors (Lipinski definition) is 5. The van der Waals surface area contributed by atoms with Gasteiger partial charge in [-0.1, -0.05) is 0 Å². The molecule has 0 aliphatic carbocycles. The van der Waals surface area contributed by atoms with Crippen LogP contribution in [0, 0.1) is 0 Å². The molecule has 1 N–H and O–H groups in total. The number of nitrogens with one attached hydrogen (secondary N) is 1. The second-order valence-electron chi connectivity index (χ2n) is 4.44. The number of thiophene rings is 1. The van der Waals surface area contributed by atoms with E-state index >= 15 is 0 Å². The molecule has 0 saturated heterocycles. The Balaban J connectivity index is 1.72. The third kappa shape index (κ3) is 5.48. The first-order chi connectivity index (χ1) is 10.8. The highest BCUT2D eigenvalue weighted by atomic mass is 32.1. The first-order valence-corrected chi connectivity index (χ1v) is 7.87. The van der Waals surface area contributed by atoms with Crippen LogP contribution < -0.4 is 10.1 Å². The van der Waals surface area contributed by atoms with Crippen LogP contribution in [0.5, 0.6) is 5.75 Å². The Hall–Kier alpha value is -1.89. The third-order valence-corrected chi connectivity index (χ3v) is 3.51. The summed E-state index contributed by atoms with van der Waals surface area (Å²) in [5, 5.41) is 6.53. The normalized spacial score (nSPS) is 10.4. The summed E-state index contributed by atoms with van der Waals surface area (Å²) in [4.78, 5) is 11.9. The molecule has 1 aromatic carbocycles. The Kier molecular flexibility index (Phi) is 6.89. The summed E-state index contributed by atoms with van der Waals surface area (Å²) in [7, 11) is 1.64. The minimum absolute atomic E-state index is 0.110. The third-order valence-electron chi connectivity index (χ3n) is 2.82. The largest absolute Gasteiger partial charge is 0.491 e. The molecule has 1 amide bonds. The van der Waals surface area contributed by atoms with E-state index < -0.39 is 0 Å². The fourth-order valence-corrected chi connectivity index (χ4v) is 2.33. The van der Waals surface area contributed by atoms with Crippen molar-refractivity contribution in [1.29, 1.82) is 0 Å². The van der Waals surface area contributed by atoms with Gasteiger partial charge in [-0.3, -0.25) is 4.79 Å². The van der Waals surface area contributed by atoms with Gasteiger partial charge in [0.05, 0.1) is 25.4 Å². The van der Waals surface area contributed by atoms with E-state index in [0.29, 0.717) is 32.0 Å². The van der Waals surface area contributed by atoms with E-state index in [1.807, 2.05) is 35.0 Å². The molecule has 0 aliphatic rings. The molecule has 0 radical (unpaired) electrons. The summed E-state index contributed by atoms with van der Waals surface area (Å²) in [6.45, 7) is 2.14. The number of carbonyl (C=O) groups excluding carboxylic acids is 1. The topological polar surface area (TPSA) is 56.8 Å². The minimum Gasteiger partial charge on any atom is -0.491 e. The van der Waals surface area contributed by atoms with Crippen LogP contribution in [0.2, 0.25) is 0 Å². The molecule has 0 aliphatic heterocycles. The Morgan fingerprint density at radius 2 is 1.86 bits per heavy atom. The van der Waals surface area contributed by atoms with Crippen molar-refractivity contribution in [3.63, 3.8) is 0 Å². The van der Waals surface area contributed by atoms with Crippen molar-refractivity contribution in [1.82, 2.24) is 0 Å². The van der Waals surface area contributed by atoms with E-state index in [9.17, 15) is 4.79 Å². The lowest BCUT2D eigenvalue weighted by Crippen LogP contribution is -2.11. The van der Waals surface area contributed by atoms with Gasteiger partial charge in [-0.25, -0.2) is 0 Å². The van der Waals surface area contributed by atoms with Crippen LogP contribution in [0.1, 0.15) is 10.4 Å². The van der Waals surface area contributed by atoms with Crippen LogP contribution >= 0.6 is 11.3 Å². The van der Waals surface area contributed by atoms with Gasteiger partial charge in [0.1, 0.15) is 12.4 Å². The lowest BCUT2D eigenvalue weighted by molar-refractivity contribution is 0.0544. The van der Waals surface area contributed by atoms with E-state index in [4.69, 9.17) is 14.2 Å². The zero-order chi connectivity index (χ0) is 15.6. The van der Waals surface area contributed by atoms with Crippen LogP contribution in [-0.4, -0.2) is 39.4 Å². The Morgan fingerprint density at radius 3 is 2.55 bits per heavy atom. The number of rotatable bonds is 9. The van der Waals surface area contributed by atoms with Gasteiger partial charge in [0.25, 0.3) is 5.91 Å². The van der Waals surface area contributed by atoms with E-state index in [1.54, 1.807) is 13.2 Å². The smallest absolute Gasteiger partial charge is 0.256 e. The van der Waals surface area contributed by atoms with Crippen LogP contribution in [-0.2, 0) is 9.47 Å². The molecule has 0 bridgehead atoms. The highest BCUT2D eigenvalue weighted by Gasteiger charge is 2.06. The molecule has 22 heavy (non-hydrogen) atoms. The number of anilines is 1. The van der Waals surface area contributed by atoms with Gasteiger partial charge in [-0.15, -0.1) is 0 Å². The standard InChI is InChI=1S/C16H19NO4S/c1-19-7-8-20-9-10-21-15-4-2-14(3-5-15)17-16(18)13-6-11-22-12-13/h2-6,11-12H,7-10H2,1H3,(H,17,18). The predicted molar refractivity (Wildman–Crippen MR) is 86.9 cm³/mol. The number of hydrogen-bond donors (Lipinski definition) is 1. The fraction of sp³-hybridized carbons (Fsp3) is 0.312. The van der Waals surface area contributed by atoms with Gasteiger partial charge in [0.2, 0.25) is 0 Å². The zero-order valence-corrected chi connectivity index (χ0v) is 13.2. The molecular formula is C16H19NO4S. The molecule has 0 saturated carbocycles. The van der Waals surface area contributed by atoms with Gasteiger partial charge < -0.3 is 19.5 Å². The summed E-state index contributed by atoms with van der Waals surface area (Å²) in [5.41, 5.74) is 1.40. The number of methoxy groups -OCH3 is 1. The molecule has 2 rings (SSSR count). The Labute approximate surface area is 133 Å². The van der Waals surface area contributed by atoms with Gasteiger partial charge in [-0.2, -0.15) is 11.3 Å². The van der Waals surface area contributed by atoms with E-state index in [1.165, 1.54) is 11.3 Å². The second kappa shape index (κ2) is 9.19. The van der Waals surface area contributed by atoms with Crippen molar-refractivity contribution in [3.8, 4) is 5.75 Å². The van der Waals surface area contributed by atoms with Crippen molar-refractivity contribution in [2.24, 2.45) is 0 Å². The van der Waals surface area contributed by atoms with Crippen molar-refractivity contribution in [3.05, 3.63) is 46.7 Å². The number of ether oxygens (including phenoxy) is 3. The molecule has 118 valence electrons. The molecule has 0 unspecified atom stereocenters. The van der Waals surface area contributed by atoms with E-state index in [-0.39, 0.29) is 5.91 Å². The molecule has 2 aromatic rings. The summed E-state index contributed by atoms with van der Waals surface area (Å²) in [6, 6.07) is 9.05. The van der Waals surface area contributed by atoms with Gasteiger partial charge >= 0.3 is 0 Å². The molecule has 0 fully saturated rings. The molecule has 0 atom stereocenters. The Bertz CT molecular complexity index is 554. The van der Waals surface area contributed by atoms with Gasteiger partial charge in [0.15, 0.2) is 0 Å². The quantitative estimate of drug-likeness (QED) is 0.721. The van der Waals surface area contributed by atoms with Crippen molar-refractivity contribution < 1.29 is 19.0 Å².